The van der Waals surface area contributed by atoms with Crippen molar-refractivity contribution in [3.63, 3.8) is 0 Å². The predicted molar refractivity (Wildman–Crippen MR) is 70.4 cm³/mol. The van der Waals surface area contributed by atoms with Crippen LogP contribution in [0, 0.1) is 17.1 Å². The van der Waals surface area contributed by atoms with Crippen molar-refractivity contribution in [3.8, 4) is 6.07 Å². The van der Waals surface area contributed by atoms with Crippen LogP contribution in [0.3, 0.4) is 0 Å². The Hall–Kier alpha value is -1.93. The number of nitriles is 1. The van der Waals surface area contributed by atoms with E-state index in [1.807, 2.05) is 12.1 Å². The minimum absolute atomic E-state index is 0.0346. The van der Waals surface area contributed by atoms with Gasteiger partial charge in [0.25, 0.3) is 0 Å². The summed E-state index contributed by atoms with van der Waals surface area (Å²) in [4.78, 5) is 4.05. The third-order valence-electron chi connectivity index (χ3n) is 2.34. The summed E-state index contributed by atoms with van der Waals surface area (Å²) in [5, 5.41) is 11.8. The molecule has 0 aliphatic heterocycles. The molecule has 0 unspecified atom stereocenters. The molecule has 0 saturated heterocycles. The zero-order valence-corrected chi connectivity index (χ0v) is 10.9. The SMILES string of the molecule is N#Cc1cc(NCc2cncc(Br)c2)ccc1F. The number of hydrogen-bond acceptors (Lipinski definition) is 3. The molecule has 0 saturated carbocycles. The lowest BCUT2D eigenvalue weighted by Gasteiger charge is -2.07. The maximum Gasteiger partial charge on any atom is 0.141 e. The van der Waals surface area contributed by atoms with Gasteiger partial charge in [-0.1, -0.05) is 0 Å². The molecule has 0 aliphatic rings. The molecular formula is C13H9BrFN3. The van der Waals surface area contributed by atoms with Crippen molar-refractivity contribution in [2.75, 3.05) is 5.32 Å². The van der Waals surface area contributed by atoms with E-state index in [4.69, 9.17) is 5.26 Å². The van der Waals surface area contributed by atoms with Crippen molar-refractivity contribution in [1.82, 2.24) is 4.98 Å². The van der Waals surface area contributed by atoms with Crippen molar-refractivity contribution in [1.29, 1.82) is 5.26 Å². The van der Waals surface area contributed by atoms with Gasteiger partial charge in [0, 0.05) is 29.1 Å². The Morgan fingerprint density at radius 3 is 2.89 bits per heavy atom. The molecule has 0 fully saturated rings. The average molecular weight is 306 g/mol. The van der Waals surface area contributed by atoms with E-state index in [0.717, 1.165) is 10.0 Å². The van der Waals surface area contributed by atoms with Gasteiger partial charge in [-0.25, -0.2) is 4.39 Å². The summed E-state index contributed by atoms with van der Waals surface area (Å²) >= 11 is 3.34. The number of halogens is 2. The molecule has 2 rings (SSSR count). The quantitative estimate of drug-likeness (QED) is 0.944. The third-order valence-corrected chi connectivity index (χ3v) is 2.78. The summed E-state index contributed by atoms with van der Waals surface area (Å²) in [6.45, 7) is 0.558. The second-order valence-electron chi connectivity index (χ2n) is 3.67. The number of nitrogens with zero attached hydrogens (tertiary/aromatic N) is 2. The molecular weight excluding hydrogens is 297 g/mol. The molecule has 1 aromatic heterocycles. The lowest BCUT2D eigenvalue weighted by molar-refractivity contribution is 0.624. The molecule has 90 valence electrons. The van der Waals surface area contributed by atoms with Crippen LogP contribution in [0.2, 0.25) is 0 Å². The highest BCUT2D eigenvalue weighted by atomic mass is 79.9. The van der Waals surface area contributed by atoms with Crippen LogP contribution in [0.5, 0.6) is 0 Å². The van der Waals surface area contributed by atoms with E-state index < -0.39 is 5.82 Å². The molecule has 0 atom stereocenters. The Morgan fingerprint density at radius 1 is 1.33 bits per heavy atom. The summed E-state index contributed by atoms with van der Waals surface area (Å²) < 4.78 is 14.0. The fourth-order valence-electron chi connectivity index (χ4n) is 1.48. The van der Waals surface area contributed by atoms with Crippen molar-refractivity contribution in [2.45, 2.75) is 6.54 Å². The molecule has 1 aromatic carbocycles. The van der Waals surface area contributed by atoms with E-state index in [1.165, 1.54) is 12.1 Å². The lowest BCUT2D eigenvalue weighted by atomic mass is 10.2. The van der Waals surface area contributed by atoms with Crippen molar-refractivity contribution < 1.29 is 4.39 Å². The first-order valence-electron chi connectivity index (χ1n) is 5.22. The Bertz CT molecular complexity index is 607. The first kappa shape index (κ1) is 12.5. The smallest absolute Gasteiger partial charge is 0.141 e. The Balaban J connectivity index is 2.09. The maximum absolute atomic E-state index is 13.1. The average Bonchev–Trinajstić information content (AvgIpc) is 2.38. The van der Waals surface area contributed by atoms with Gasteiger partial charge in [-0.2, -0.15) is 5.26 Å². The second-order valence-corrected chi connectivity index (χ2v) is 4.59. The van der Waals surface area contributed by atoms with Crippen molar-refractivity contribution in [3.05, 3.63) is 58.1 Å². The molecule has 0 bridgehead atoms. The fraction of sp³-hybridized carbons (Fsp3) is 0.0769. The summed E-state index contributed by atoms with van der Waals surface area (Å²) in [5.41, 5.74) is 1.73. The van der Waals surface area contributed by atoms with E-state index >= 15 is 0 Å². The van der Waals surface area contributed by atoms with Crippen LogP contribution in [0.4, 0.5) is 10.1 Å². The minimum atomic E-state index is -0.507. The van der Waals surface area contributed by atoms with Crippen LogP contribution in [0.1, 0.15) is 11.1 Å². The van der Waals surface area contributed by atoms with Gasteiger partial charge in [-0.3, -0.25) is 4.98 Å². The highest BCUT2D eigenvalue weighted by Crippen LogP contribution is 2.16. The number of benzene rings is 1. The normalized spacial score (nSPS) is 9.83. The van der Waals surface area contributed by atoms with Crippen LogP contribution >= 0.6 is 15.9 Å². The number of pyridine rings is 1. The summed E-state index contributed by atoms with van der Waals surface area (Å²) in [5.74, 6) is -0.507. The fourth-order valence-corrected chi connectivity index (χ4v) is 1.89. The van der Waals surface area contributed by atoms with Gasteiger partial charge in [0.2, 0.25) is 0 Å². The highest BCUT2D eigenvalue weighted by molar-refractivity contribution is 9.10. The monoisotopic (exact) mass is 305 g/mol. The van der Waals surface area contributed by atoms with Gasteiger partial charge in [0.05, 0.1) is 5.56 Å². The molecule has 2 aromatic rings. The van der Waals surface area contributed by atoms with E-state index in [2.05, 4.69) is 26.2 Å². The Morgan fingerprint density at radius 2 is 2.17 bits per heavy atom. The number of rotatable bonds is 3. The first-order chi connectivity index (χ1) is 8.69. The summed E-state index contributed by atoms with van der Waals surface area (Å²) in [6, 6.07) is 8.11. The van der Waals surface area contributed by atoms with Gasteiger partial charge in [0.15, 0.2) is 0 Å². The van der Waals surface area contributed by atoms with E-state index in [9.17, 15) is 4.39 Å². The highest BCUT2D eigenvalue weighted by Gasteiger charge is 2.02. The Kier molecular flexibility index (Phi) is 3.90. The van der Waals surface area contributed by atoms with Crippen LogP contribution in [-0.2, 0) is 6.54 Å². The van der Waals surface area contributed by atoms with Crippen LogP contribution in [0.15, 0.2) is 41.1 Å². The first-order valence-corrected chi connectivity index (χ1v) is 6.01. The molecule has 5 heteroatoms. The van der Waals surface area contributed by atoms with Crippen molar-refractivity contribution >= 4 is 21.6 Å². The molecule has 18 heavy (non-hydrogen) atoms. The topological polar surface area (TPSA) is 48.7 Å². The van der Waals surface area contributed by atoms with Gasteiger partial charge in [0.1, 0.15) is 11.9 Å². The Labute approximate surface area is 112 Å². The maximum atomic E-state index is 13.1. The molecule has 1 N–H and O–H groups in total. The van der Waals surface area contributed by atoms with E-state index in [1.54, 1.807) is 18.5 Å². The van der Waals surface area contributed by atoms with Gasteiger partial charge < -0.3 is 5.32 Å². The zero-order chi connectivity index (χ0) is 13.0. The van der Waals surface area contributed by atoms with E-state index in [0.29, 0.717) is 12.2 Å². The summed E-state index contributed by atoms with van der Waals surface area (Å²) in [6.07, 6.45) is 3.45. The van der Waals surface area contributed by atoms with E-state index in [-0.39, 0.29) is 5.56 Å². The zero-order valence-electron chi connectivity index (χ0n) is 9.32. The van der Waals surface area contributed by atoms with Gasteiger partial charge in [-0.05, 0) is 45.8 Å². The van der Waals surface area contributed by atoms with Crippen LogP contribution in [-0.4, -0.2) is 4.98 Å². The molecule has 1 heterocycles. The van der Waals surface area contributed by atoms with Crippen LogP contribution < -0.4 is 5.32 Å². The molecule has 0 aliphatic carbocycles. The largest absolute Gasteiger partial charge is 0.381 e. The summed E-state index contributed by atoms with van der Waals surface area (Å²) in [7, 11) is 0. The number of hydrogen-bond donors (Lipinski definition) is 1. The lowest BCUT2D eigenvalue weighted by Crippen LogP contribution is -2.00. The second kappa shape index (κ2) is 5.61. The third kappa shape index (κ3) is 3.05. The van der Waals surface area contributed by atoms with Gasteiger partial charge in [-0.15, -0.1) is 0 Å². The minimum Gasteiger partial charge on any atom is -0.381 e. The molecule has 0 spiro atoms. The van der Waals surface area contributed by atoms with Crippen molar-refractivity contribution in [2.24, 2.45) is 0 Å². The molecule has 0 radical (unpaired) electrons. The van der Waals surface area contributed by atoms with Crippen LogP contribution in [0.25, 0.3) is 0 Å². The molecule has 0 amide bonds. The standard InChI is InChI=1S/C13H9BrFN3/c14-11-3-9(6-17-8-11)7-18-12-1-2-13(15)10(4-12)5-16/h1-4,6,8,18H,7H2. The van der Waals surface area contributed by atoms with Gasteiger partial charge >= 0.3 is 0 Å². The number of aromatic nitrogens is 1. The number of anilines is 1. The predicted octanol–water partition coefficient (Wildman–Crippen LogP) is 3.47. The molecule has 3 nitrogen and oxygen atoms in total. The number of nitrogens with one attached hydrogen (secondary N) is 1.